The van der Waals surface area contributed by atoms with Crippen molar-refractivity contribution >= 4 is 32.7 Å². The molecule has 0 saturated carbocycles. The highest BCUT2D eigenvalue weighted by molar-refractivity contribution is 7.90. The highest BCUT2D eigenvalue weighted by Crippen LogP contribution is 2.33. The lowest BCUT2D eigenvalue weighted by Gasteiger charge is -2.36. The molecule has 3 heterocycles. The fourth-order valence-electron chi connectivity index (χ4n) is 4.83. The van der Waals surface area contributed by atoms with E-state index in [0.29, 0.717) is 35.2 Å². The van der Waals surface area contributed by atoms with Gasteiger partial charge in [0.1, 0.15) is 5.75 Å². The van der Waals surface area contributed by atoms with E-state index in [1.165, 1.54) is 6.26 Å². The Morgan fingerprint density at radius 3 is 2.55 bits per heavy atom. The van der Waals surface area contributed by atoms with Crippen LogP contribution in [-0.2, 0) is 9.84 Å². The third-order valence-electron chi connectivity index (χ3n) is 6.65. The van der Waals surface area contributed by atoms with Gasteiger partial charge in [0.05, 0.1) is 41.2 Å². The summed E-state index contributed by atoms with van der Waals surface area (Å²) >= 11 is 0. The van der Waals surface area contributed by atoms with Gasteiger partial charge < -0.3 is 20.1 Å². The van der Waals surface area contributed by atoms with E-state index in [1.54, 1.807) is 36.0 Å². The van der Waals surface area contributed by atoms with Gasteiger partial charge in [0.2, 0.25) is 5.95 Å². The van der Waals surface area contributed by atoms with Crippen molar-refractivity contribution in [2.45, 2.75) is 17.9 Å². The smallest absolute Gasteiger partial charge is 0.245 e. The van der Waals surface area contributed by atoms with Gasteiger partial charge in [-0.1, -0.05) is 18.2 Å². The van der Waals surface area contributed by atoms with E-state index in [2.05, 4.69) is 25.2 Å². The van der Waals surface area contributed by atoms with Gasteiger partial charge in [-0.15, -0.1) is 5.10 Å². The van der Waals surface area contributed by atoms with Gasteiger partial charge in [-0.25, -0.2) is 17.9 Å². The average Bonchev–Trinajstić information content (AvgIpc) is 3.32. The van der Waals surface area contributed by atoms with Crippen molar-refractivity contribution in [2.75, 3.05) is 56.3 Å². The number of aromatic nitrogens is 3. The lowest BCUT2D eigenvalue weighted by Crippen LogP contribution is -2.48. The molecular weight excluding hydrogens is 504 g/mol. The Kier molecular flexibility index (Phi) is 7.24. The van der Waals surface area contributed by atoms with Crippen LogP contribution in [0.1, 0.15) is 6.92 Å². The van der Waals surface area contributed by atoms with E-state index in [4.69, 9.17) is 4.74 Å². The molecule has 11 heteroatoms. The summed E-state index contributed by atoms with van der Waals surface area (Å²) in [7, 11) is -1.80. The first-order valence-corrected chi connectivity index (χ1v) is 14.4. The molecule has 1 fully saturated rings. The summed E-state index contributed by atoms with van der Waals surface area (Å²) in [6.07, 6.45) is 2.57. The number of nitrogens with one attached hydrogen (secondary N) is 1. The zero-order valence-electron chi connectivity index (χ0n) is 21.7. The van der Waals surface area contributed by atoms with Crippen LogP contribution in [0, 0.1) is 0 Å². The van der Waals surface area contributed by atoms with E-state index in [0.717, 1.165) is 37.4 Å². The van der Waals surface area contributed by atoms with Gasteiger partial charge in [0, 0.05) is 56.3 Å². The molecule has 1 atom stereocenters. The molecule has 0 spiro atoms. The number of rotatable bonds is 8. The van der Waals surface area contributed by atoms with Crippen LogP contribution in [0.4, 0.5) is 17.3 Å². The van der Waals surface area contributed by atoms with Crippen LogP contribution in [0.5, 0.6) is 5.75 Å². The third-order valence-corrected chi connectivity index (χ3v) is 7.81. The number of fused-ring (bicyclic) bond motifs is 1. The standard InChI is InChI=1S/C27H32N6O4S/c1-19(34)18-31-12-14-32(15-13-31)20-8-10-23(25(16-20)37-2)29-27-28-17-21-9-11-24(33(21)30-27)22-6-4-5-7-26(22)38(3,35)36/h4-11,16-17,19,34H,12-15,18H2,1-3H3,(H,29,30). The molecule has 4 aromatic rings. The van der Waals surface area contributed by atoms with Crippen molar-refractivity contribution in [1.29, 1.82) is 0 Å². The molecule has 0 aliphatic carbocycles. The molecule has 2 aromatic carbocycles. The summed E-state index contributed by atoms with van der Waals surface area (Å²) in [6, 6.07) is 16.6. The zero-order valence-corrected chi connectivity index (χ0v) is 22.5. The second-order valence-electron chi connectivity index (χ2n) is 9.55. The Balaban J connectivity index is 1.40. The Hall–Kier alpha value is -3.67. The Morgan fingerprint density at radius 1 is 1.08 bits per heavy atom. The first kappa shape index (κ1) is 26.0. The molecule has 38 heavy (non-hydrogen) atoms. The van der Waals surface area contributed by atoms with Crippen molar-refractivity contribution in [3.05, 3.63) is 60.8 Å². The van der Waals surface area contributed by atoms with Gasteiger partial charge in [0.15, 0.2) is 9.84 Å². The number of benzene rings is 2. The van der Waals surface area contributed by atoms with Crippen LogP contribution in [-0.4, -0.2) is 85.2 Å². The van der Waals surface area contributed by atoms with Crippen LogP contribution >= 0.6 is 0 Å². The molecule has 1 aliphatic heterocycles. The van der Waals surface area contributed by atoms with Crippen molar-refractivity contribution < 1.29 is 18.3 Å². The molecular formula is C27H32N6O4S. The molecule has 1 aliphatic rings. The first-order chi connectivity index (χ1) is 18.2. The van der Waals surface area contributed by atoms with E-state index >= 15 is 0 Å². The predicted octanol–water partition coefficient (Wildman–Crippen LogP) is 3.05. The number of hydrogen-bond acceptors (Lipinski definition) is 9. The summed E-state index contributed by atoms with van der Waals surface area (Å²) in [5, 5.41) is 17.6. The van der Waals surface area contributed by atoms with E-state index in [1.807, 2.05) is 43.3 Å². The van der Waals surface area contributed by atoms with Crippen LogP contribution in [0.25, 0.3) is 16.8 Å². The van der Waals surface area contributed by atoms with Crippen LogP contribution in [0.15, 0.2) is 65.7 Å². The van der Waals surface area contributed by atoms with Crippen molar-refractivity contribution in [3.8, 4) is 17.0 Å². The number of sulfone groups is 1. The SMILES string of the molecule is COc1cc(N2CCN(CC(C)O)CC2)ccc1Nc1ncc2ccc(-c3ccccc3S(C)(=O)=O)n2n1. The predicted molar refractivity (Wildman–Crippen MR) is 148 cm³/mol. The summed E-state index contributed by atoms with van der Waals surface area (Å²) < 4.78 is 32.1. The second-order valence-corrected chi connectivity index (χ2v) is 11.5. The molecule has 10 nitrogen and oxygen atoms in total. The Morgan fingerprint density at radius 2 is 1.84 bits per heavy atom. The monoisotopic (exact) mass is 536 g/mol. The highest BCUT2D eigenvalue weighted by atomic mass is 32.2. The lowest BCUT2D eigenvalue weighted by molar-refractivity contribution is 0.122. The Bertz CT molecular complexity index is 1540. The zero-order chi connectivity index (χ0) is 26.9. The lowest BCUT2D eigenvalue weighted by atomic mass is 10.1. The third kappa shape index (κ3) is 5.45. The fourth-order valence-corrected chi connectivity index (χ4v) is 5.72. The Labute approximate surface area is 222 Å². The highest BCUT2D eigenvalue weighted by Gasteiger charge is 2.20. The summed E-state index contributed by atoms with van der Waals surface area (Å²) in [5.41, 5.74) is 3.75. The number of aliphatic hydroxyl groups is 1. The number of ether oxygens (including phenoxy) is 1. The minimum absolute atomic E-state index is 0.247. The summed E-state index contributed by atoms with van der Waals surface area (Å²) in [5.74, 6) is 1.01. The molecule has 1 unspecified atom stereocenters. The second kappa shape index (κ2) is 10.6. The maximum Gasteiger partial charge on any atom is 0.245 e. The minimum atomic E-state index is -3.42. The number of β-amino-alcohol motifs (C(OH)–C–C–N with tert-alkyl or cyclic N) is 1. The van der Waals surface area contributed by atoms with Crippen molar-refractivity contribution in [2.24, 2.45) is 0 Å². The first-order valence-electron chi connectivity index (χ1n) is 12.5. The molecule has 1 saturated heterocycles. The van der Waals surface area contributed by atoms with Gasteiger partial charge in [-0.2, -0.15) is 0 Å². The van der Waals surface area contributed by atoms with Gasteiger partial charge in [-0.3, -0.25) is 4.90 Å². The number of nitrogens with zero attached hydrogens (tertiary/aromatic N) is 5. The maximum atomic E-state index is 12.4. The number of hydrogen-bond donors (Lipinski definition) is 2. The van der Waals surface area contributed by atoms with Crippen molar-refractivity contribution in [3.63, 3.8) is 0 Å². The van der Waals surface area contributed by atoms with E-state index in [9.17, 15) is 13.5 Å². The quantitative estimate of drug-likeness (QED) is 0.351. The number of aliphatic hydroxyl groups excluding tert-OH is 1. The van der Waals surface area contributed by atoms with Crippen molar-refractivity contribution in [1.82, 2.24) is 19.5 Å². The summed E-state index contributed by atoms with van der Waals surface area (Å²) in [6.45, 7) is 6.02. The average molecular weight is 537 g/mol. The van der Waals surface area contributed by atoms with E-state index < -0.39 is 9.84 Å². The van der Waals surface area contributed by atoms with Crippen LogP contribution < -0.4 is 15.0 Å². The van der Waals surface area contributed by atoms with E-state index in [-0.39, 0.29) is 11.0 Å². The number of piperazine rings is 1. The molecule has 0 amide bonds. The van der Waals surface area contributed by atoms with Gasteiger partial charge >= 0.3 is 0 Å². The molecule has 5 rings (SSSR count). The number of methoxy groups -OCH3 is 1. The fraction of sp³-hybridized carbons (Fsp3) is 0.333. The molecule has 2 aromatic heterocycles. The summed E-state index contributed by atoms with van der Waals surface area (Å²) in [4.78, 5) is 9.27. The largest absolute Gasteiger partial charge is 0.494 e. The topological polar surface area (TPSA) is 112 Å². The van der Waals surface area contributed by atoms with Gasteiger partial charge in [0.25, 0.3) is 0 Å². The molecule has 0 radical (unpaired) electrons. The molecule has 2 N–H and O–H groups in total. The molecule has 200 valence electrons. The van der Waals surface area contributed by atoms with Crippen LogP contribution in [0.2, 0.25) is 0 Å². The maximum absolute atomic E-state index is 12.4. The number of anilines is 3. The molecule has 0 bridgehead atoms. The minimum Gasteiger partial charge on any atom is -0.494 e. The van der Waals surface area contributed by atoms with Gasteiger partial charge in [-0.05, 0) is 37.3 Å². The normalized spacial score (nSPS) is 15.5. The van der Waals surface area contributed by atoms with Crippen LogP contribution in [0.3, 0.4) is 0 Å².